The molecular weight excluding hydrogens is 228 g/mol. The van der Waals surface area contributed by atoms with Crippen molar-refractivity contribution in [3.8, 4) is 11.5 Å². The Morgan fingerprint density at radius 3 is 2.94 bits per heavy atom. The Morgan fingerprint density at radius 1 is 1.28 bits per heavy atom. The Labute approximate surface area is 107 Å². The van der Waals surface area contributed by atoms with E-state index in [-0.39, 0.29) is 0 Å². The van der Waals surface area contributed by atoms with E-state index in [1.54, 1.807) is 18.6 Å². The molecule has 2 heterocycles. The molecule has 0 saturated carbocycles. The van der Waals surface area contributed by atoms with E-state index >= 15 is 0 Å². The molecule has 96 valence electrons. The van der Waals surface area contributed by atoms with E-state index in [1.165, 1.54) is 0 Å². The molecule has 18 heavy (non-hydrogen) atoms. The molecular formula is C13H18N4O. The molecule has 2 aromatic heterocycles. The van der Waals surface area contributed by atoms with Gasteiger partial charge in [-0.1, -0.05) is 6.92 Å². The van der Waals surface area contributed by atoms with Crippen LogP contribution in [0.2, 0.25) is 0 Å². The molecule has 2 rings (SSSR count). The van der Waals surface area contributed by atoms with E-state index in [9.17, 15) is 0 Å². The third kappa shape index (κ3) is 3.30. The Morgan fingerprint density at radius 2 is 2.17 bits per heavy atom. The number of hydrogen-bond acceptors (Lipinski definition) is 4. The minimum atomic E-state index is 0.611. The third-order valence-electron chi connectivity index (χ3n) is 2.50. The van der Waals surface area contributed by atoms with Crippen LogP contribution in [0.3, 0.4) is 0 Å². The van der Waals surface area contributed by atoms with E-state index < -0.39 is 0 Å². The van der Waals surface area contributed by atoms with Crippen LogP contribution in [0, 0.1) is 0 Å². The predicted molar refractivity (Wildman–Crippen MR) is 69.6 cm³/mol. The van der Waals surface area contributed by atoms with Crippen molar-refractivity contribution in [1.29, 1.82) is 0 Å². The number of rotatable bonds is 6. The monoisotopic (exact) mass is 246 g/mol. The molecule has 0 atom stereocenters. The zero-order valence-electron chi connectivity index (χ0n) is 10.5. The molecule has 0 spiro atoms. The van der Waals surface area contributed by atoms with Crippen molar-refractivity contribution in [3.05, 3.63) is 36.4 Å². The maximum atomic E-state index is 5.71. The molecule has 0 fully saturated rings. The molecule has 5 heteroatoms. The zero-order valence-corrected chi connectivity index (χ0v) is 10.5. The number of aryl methyl sites for hydroxylation is 1. The molecule has 0 aliphatic heterocycles. The zero-order chi connectivity index (χ0) is 12.8. The number of aromatic nitrogens is 3. The molecule has 0 radical (unpaired) electrons. The van der Waals surface area contributed by atoms with Gasteiger partial charge in [-0.25, -0.2) is 0 Å². The fourth-order valence-corrected chi connectivity index (χ4v) is 1.71. The van der Waals surface area contributed by atoms with Crippen molar-refractivity contribution < 1.29 is 4.74 Å². The van der Waals surface area contributed by atoms with Gasteiger partial charge in [0.15, 0.2) is 5.75 Å². The first-order valence-electron chi connectivity index (χ1n) is 6.16. The van der Waals surface area contributed by atoms with Gasteiger partial charge in [-0.3, -0.25) is 9.67 Å². The molecule has 0 aliphatic carbocycles. The van der Waals surface area contributed by atoms with E-state index in [4.69, 9.17) is 10.5 Å². The van der Waals surface area contributed by atoms with Crippen LogP contribution in [0.1, 0.15) is 18.9 Å². The first kappa shape index (κ1) is 12.6. The molecule has 0 saturated heterocycles. The maximum Gasteiger partial charge on any atom is 0.165 e. The highest BCUT2D eigenvalue weighted by atomic mass is 16.5. The quantitative estimate of drug-likeness (QED) is 0.846. The summed E-state index contributed by atoms with van der Waals surface area (Å²) >= 11 is 0. The lowest BCUT2D eigenvalue weighted by molar-refractivity contribution is 0.477. The van der Waals surface area contributed by atoms with E-state index in [0.717, 1.165) is 36.4 Å². The average Bonchev–Trinajstić information content (AvgIpc) is 2.78. The number of nitrogens with two attached hydrogens (primary N) is 1. The highest BCUT2D eigenvalue weighted by Crippen LogP contribution is 2.20. The van der Waals surface area contributed by atoms with Crippen molar-refractivity contribution in [1.82, 2.24) is 14.8 Å². The Kier molecular flexibility index (Phi) is 4.30. The second kappa shape index (κ2) is 6.16. The van der Waals surface area contributed by atoms with Crippen LogP contribution < -0.4 is 10.5 Å². The van der Waals surface area contributed by atoms with Gasteiger partial charge >= 0.3 is 0 Å². The second-order valence-electron chi connectivity index (χ2n) is 4.11. The van der Waals surface area contributed by atoms with Crippen LogP contribution in [0.5, 0.6) is 11.5 Å². The standard InChI is InChI=1S/C13H18N4O/c1-2-5-17-10-13(9-16-17)18-12-6-11(3-4-14)7-15-8-12/h6-10H,2-5,14H2,1H3. The van der Waals surface area contributed by atoms with E-state index in [2.05, 4.69) is 17.0 Å². The van der Waals surface area contributed by atoms with Crippen molar-refractivity contribution in [2.75, 3.05) is 6.54 Å². The molecule has 0 amide bonds. The molecule has 0 bridgehead atoms. The van der Waals surface area contributed by atoms with Gasteiger partial charge in [0.25, 0.3) is 0 Å². The lowest BCUT2D eigenvalue weighted by atomic mass is 10.2. The molecule has 5 nitrogen and oxygen atoms in total. The Bertz CT molecular complexity index is 495. The largest absolute Gasteiger partial charge is 0.452 e. The fraction of sp³-hybridized carbons (Fsp3) is 0.385. The van der Waals surface area contributed by atoms with E-state index in [1.807, 2.05) is 16.9 Å². The van der Waals surface area contributed by atoms with Gasteiger partial charge in [-0.2, -0.15) is 5.10 Å². The van der Waals surface area contributed by atoms with Gasteiger partial charge in [0.1, 0.15) is 5.75 Å². The Hall–Kier alpha value is -1.88. The van der Waals surface area contributed by atoms with E-state index in [0.29, 0.717) is 6.54 Å². The SMILES string of the molecule is CCCn1cc(Oc2cncc(CCN)c2)cn1. The normalized spacial score (nSPS) is 10.6. The van der Waals surface area contributed by atoms with Crippen molar-refractivity contribution in [3.63, 3.8) is 0 Å². The molecule has 2 aromatic rings. The predicted octanol–water partition coefficient (Wildman–Crippen LogP) is 1.98. The van der Waals surface area contributed by atoms with Gasteiger partial charge in [-0.15, -0.1) is 0 Å². The highest BCUT2D eigenvalue weighted by Gasteiger charge is 2.02. The summed E-state index contributed by atoms with van der Waals surface area (Å²) in [6.07, 6.45) is 8.95. The van der Waals surface area contributed by atoms with Gasteiger partial charge in [-0.05, 0) is 31.0 Å². The van der Waals surface area contributed by atoms with Crippen molar-refractivity contribution in [2.24, 2.45) is 5.73 Å². The first-order chi connectivity index (χ1) is 8.81. The molecule has 0 unspecified atom stereocenters. The molecule has 0 aromatic carbocycles. The van der Waals surface area contributed by atoms with Crippen molar-refractivity contribution in [2.45, 2.75) is 26.3 Å². The van der Waals surface area contributed by atoms with Crippen LogP contribution in [-0.2, 0) is 13.0 Å². The highest BCUT2D eigenvalue weighted by molar-refractivity contribution is 5.28. The number of nitrogens with zero attached hydrogens (tertiary/aromatic N) is 3. The Balaban J connectivity index is 2.05. The maximum absolute atomic E-state index is 5.71. The topological polar surface area (TPSA) is 66.0 Å². The summed E-state index contributed by atoms with van der Waals surface area (Å²) in [6, 6.07) is 1.96. The van der Waals surface area contributed by atoms with Crippen LogP contribution >= 0.6 is 0 Å². The van der Waals surface area contributed by atoms with Gasteiger partial charge in [0.2, 0.25) is 0 Å². The summed E-state index contributed by atoms with van der Waals surface area (Å²) in [5, 5.41) is 4.21. The third-order valence-corrected chi connectivity index (χ3v) is 2.50. The van der Waals surface area contributed by atoms with Gasteiger partial charge in [0, 0.05) is 12.7 Å². The smallest absolute Gasteiger partial charge is 0.165 e. The number of pyridine rings is 1. The lowest BCUT2D eigenvalue weighted by Crippen LogP contribution is -2.02. The van der Waals surface area contributed by atoms with Crippen LogP contribution in [-0.4, -0.2) is 21.3 Å². The van der Waals surface area contributed by atoms with Crippen LogP contribution in [0.15, 0.2) is 30.9 Å². The van der Waals surface area contributed by atoms with Crippen molar-refractivity contribution >= 4 is 0 Å². The summed E-state index contributed by atoms with van der Waals surface area (Å²) in [7, 11) is 0. The number of ether oxygens (including phenoxy) is 1. The van der Waals surface area contributed by atoms with Crippen LogP contribution in [0.25, 0.3) is 0 Å². The summed E-state index contributed by atoms with van der Waals surface area (Å²) in [5.74, 6) is 1.45. The first-order valence-corrected chi connectivity index (χ1v) is 6.16. The summed E-state index contributed by atoms with van der Waals surface area (Å²) in [6.45, 7) is 3.62. The van der Waals surface area contributed by atoms with Gasteiger partial charge in [0.05, 0.1) is 18.6 Å². The minimum absolute atomic E-state index is 0.611. The average molecular weight is 246 g/mol. The summed E-state index contributed by atoms with van der Waals surface area (Å²) in [5.41, 5.74) is 6.60. The molecule has 2 N–H and O–H groups in total. The summed E-state index contributed by atoms with van der Waals surface area (Å²) in [4.78, 5) is 4.13. The minimum Gasteiger partial charge on any atom is -0.452 e. The fourth-order valence-electron chi connectivity index (χ4n) is 1.71. The van der Waals surface area contributed by atoms with Crippen LogP contribution in [0.4, 0.5) is 0 Å². The number of hydrogen-bond donors (Lipinski definition) is 1. The summed E-state index contributed by atoms with van der Waals surface area (Å²) < 4.78 is 7.57. The second-order valence-corrected chi connectivity index (χ2v) is 4.11. The molecule has 0 aliphatic rings. The lowest BCUT2D eigenvalue weighted by Gasteiger charge is -2.04. The van der Waals surface area contributed by atoms with Gasteiger partial charge < -0.3 is 10.5 Å².